The van der Waals surface area contributed by atoms with Gasteiger partial charge >= 0.3 is 6.03 Å². The quantitative estimate of drug-likeness (QED) is 0.890. The van der Waals surface area contributed by atoms with Crippen LogP contribution in [0.1, 0.15) is 0 Å². The summed E-state index contributed by atoms with van der Waals surface area (Å²) >= 11 is 0. The maximum absolute atomic E-state index is 12.5. The molecule has 2 aromatic rings. The summed E-state index contributed by atoms with van der Waals surface area (Å²) in [6.07, 6.45) is 3.37. The first kappa shape index (κ1) is 18.0. The van der Waals surface area contributed by atoms with Crippen molar-refractivity contribution in [1.82, 2.24) is 15.2 Å². The van der Waals surface area contributed by atoms with Crippen LogP contribution in [0, 0.1) is 0 Å². The van der Waals surface area contributed by atoms with Gasteiger partial charge in [0.25, 0.3) is 0 Å². The Kier molecular flexibility index (Phi) is 6.84. The fourth-order valence-corrected chi connectivity index (χ4v) is 2.52. The third-order valence-electron chi connectivity index (χ3n) is 3.71. The molecule has 1 aromatic carbocycles. The molecule has 1 fully saturated rings. The number of piperazine rings is 1. The van der Waals surface area contributed by atoms with Crippen LogP contribution in [0.4, 0.5) is 10.5 Å². The third kappa shape index (κ3) is 4.84. The fraction of sp³-hybridized carbons (Fsp3) is 0.294. The molecule has 2 amide bonds. The Bertz CT molecular complexity index is 627. The van der Waals surface area contributed by atoms with E-state index in [0.717, 1.165) is 12.2 Å². The SMILES string of the molecule is Cl.O=C(Nc1ccccc1)N1CCNCC1COc1cccnc1. The van der Waals surface area contributed by atoms with Gasteiger partial charge in [0.05, 0.1) is 12.2 Å². The number of ether oxygens (including phenoxy) is 1. The molecule has 1 aliphatic heterocycles. The van der Waals surface area contributed by atoms with E-state index in [-0.39, 0.29) is 24.5 Å². The number of amides is 2. The molecule has 0 bridgehead atoms. The molecule has 0 spiro atoms. The number of benzene rings is 1. The number of para-hydroxylation sites is 1. The molecule has 2 N–H and O–H groups in total. The molecule has 1 aromatic heterocycles. The van der Waals surface area contributed by atoms with E-state index in [1.165, 1.54) is 0 Å². The van der Waals surface area contributed by atoms with Crippen LogP contribution >= 0.6 is 12.4 Å². The van der Waals surface area contributed by atoms with Gasteiger partial charge in [-0.05, 0) is 24.3 Å². The van der Waals surface area contributed by atoms with E-state index in [1.54, 1.807) is 12.4 Å². The molecule has 24 heavy (non-hydrogen) atoms. The Labute approximate surface area is 147 Å². The normalized spacial score (nSPS) is 16.8. The van der Waals surface area contributed by atoms with Crippen LogP contribution in [-0.2, 0) is 0 Å². The number of rotatable bonds is 4. The van der Waals surface area contributed by atoms with Crippen molar-refractivity contribution < 1.29 is 9.53 Å². The van der Waals surface area contributed by atoms with Gasteiger partial charge in [-0.3, -0.25) is 4.98 Å². The number of carbonyl (C=O) groups is 1. The Morgan fingerprint density at radius 3 is 2.88 bits per heavy atom. The van der Waals surface area contributed by atoms with Gasteiger partial charge < -0.3 is 20.3 Å². The number of anilines is 1. The summed E-state index contributed by atoms with van der Waals surface area (Å²) in [7, 11) is 0. The second kappa shape index (κ2) is 9.10. The summed E-state index contributed by atoms with van der Waals surface area (Å²) < 4.78 is 5.75. The standard InChI is InChI=1S/C17H20N4O2.ClH/c22-17(20-14-5-2-1-3-6-14)21-10-9-19-11-15(21)13-23-16-7-4-8-18-12-16;/h1-8,12,15,19H,9-11,13H2,(H,20,22);1H. The van der Waals surface area contributed by atoms with Crippen LogP contribution < -0.4 is 15.4 Å². The van der Waals surface area contributed by atoms with E-state index in [4.69, 9.17) is 4.74 Å². The van der Waals surface area contributed by atoms with Crippen molar-refractivity contribution in [3.05, 3.63) is 54.9 Å². The highest BCUT2D eigenvalue weighted by atomic mass is 35.5. The molecule has 6 nitrogen and oxygen atoms in total. The van der Waals surface area contributed by atoms with E-state index < -0.39 is 0 Å². The molecular weight excluding hydrogens is 328 g/mol. The predicted octanol–water partition coefficient (Wildman–Crippen LogP) is 2.39. The minimum Gasteiger partial charge on any atom is -0.490 e. The highest BCUT2D eigenvalue weighted by molar-refractivity contribution is 5.89. The van der Waals surface area contributed by atoms with E-state index in [9.17, 15) is 4.79 Å². The van der Waals surface area contributed by atoms with Crippen molar-refractivity contribution in [2.24, 2.45) is 0 Å². The first-order valence-corrected chi connectivity index (χ1v) is 7.69. The summed E-state index contributed by atoms with van der Waals surface area (Å²) in [5.74, 6) is 0.710. The van der Waals surface area contributed by atoms with Gasteiger partial charge in [-0.25, -0.2) is 4.79 Å². The minimum atomic E-state index is -0.0995. The molecule has 1 unspecified atom stereocenters. The molecule has 7 heteroatoms. The molecule has 0 radical (unpaired) electrons. The van der Waals surface area contributed by atoms with Gasteiger partial charge in [-0.2, -0.15) is 0 Å². The molecule has 2 heterocycles. The summed E-state index contributed by atoms with van der Waals surface area (Å²) in [5, 5.41) is 6.23. The molecule has 128 valence electrons. The number of pyridine rings is 1. The molecule has 1 aliphatic rings. The number of hydrogen-bond donors (Lipinski definition) is 2. The number of nitrogens with one attached hydrogen (secondary N) is 2. The average Bonchev–Trinajstić information content (AvgIpc) is 2.62. The monoisotopic (exact) mass is 348 g/mol. The summed E-state index contributed by atoms with van der Waals surface area (Å²) in [4.78, 5) is 18.4. The van der Waals surface area contributed by atoms with Gasteiger partial charge in [0, 0.05) is 31.5 Å². The van der Waals surface area contributed by atoms with Crippen LogP contribution in [-0.4, -0.2) is 48.2 Å². The van der Waals surface area contributed by atoms with Gasteiger partial charge in [-0.15, -0.1) is 12.4 Å². The molecular formula is C17H21ClN4O2. The molecule has 0 saturated carbocycles. The fourth-order valence-electron chi connectivity index (χ4n) is 2.52. The lowest BCUT2D eigenvalue weighted by atomic mass is 10.2. The van der Waals surface area contributed by atoms with E-state index >= 15 is 0 Å². The van der Waals surface area contributed by atoms with E-state index in [1.807, 2.05) is 47.4 Å². The van der Waals surface area contributed by atoms with Crippen molar-refractivity contribution in [3.63, 3.8) is 0 Å². The zero-order valence-electron chi connectivity index (χ0n) is 13.2. The Hall–Kier alpha value is -2.31. The predicted molar refractivity (Wildman–Crippen MR) is 95.8 cm³/mol. The molecule has 1 atom stereocenters. The lowest BCUT2D eigenvalue weighted by molar-refractivity contribution is 0.133. The van der Waals surface area contributed by atoms with E-state index in [0.29, 0.717) is 25.4 Å². The first-order valence-electron chi connectivity index (χ1n) is 7.69. The first-order chi connectivity index (χ1) is 11.3. The van der Waals surface area contributed by atoms with Crippen molar-refractivity contribution in [3.8, 4) is 5.75 Å². The maximum Gasteiger partial charge on any atom is 0.322 e. The second-order valence-electron chi connectivity index (χ2n) is 5.35. The number of urea groups is 1. The van der Waals surface area contributed by atoms with E-state index in [2.05, 4.69) is 15.6 Å². The Morgan fingerprint density at radius 2 is 2.12 bits per heavy atom. The van der Waals surface area contributed by atoms with Crippen LogP contribution in [0.15, 0.2) is 54.9 Å². The highest BCUT2D eigenvalue weighted by Crippen LogP contribution is 2.12. The van der Waals surface area contributed by atoms with Gasteiger partial charge in [0.15, 0.2) is 0 Å². The van der Waals surface area contributed by atoms with Crippen molar-refractivity contribution in [2.45, 2.75) is 6.04 Å². The Balaban J connectivity index is 0.00000208. The molecule has 3 rings (SSSR count). The topological polar surface area (TPSA) is 66.5 Å². The van der Waals surface area contributed by atoms with Crippen LogP contribution in [0.2, 0.25) is 0 Å². The smallest absolute Gasteiger partial charge is 0.322 e. The summed E-state index contributed by atoms with van der Waals surface area (Å²) in [6.45, 7) is 2.58. The molecule has 0 aliphatic carbocycles. The van der Waals surface area contributed by atoms with Crippen LogP contribution in [0.3, 0.4) is 0 Å². The number of hydrogen-bond acceptors (Lipinski definition) is 4. The second-order valence-corrected chi connectivity index (χ2v) is 5.35. The van der Waals surface area contributed by atoms with Crippen LogP contribution in [0.5, 0.6) is 5.75 Å². The lowest BCUT2D eigenvalue weighted by Crippen LogP contribution is -2.57. The van der Waals surface area contributed by atoms with Gasteiger partial charge in [0.2, 0.25) is 0 Å². The lowest BCUT2D eigenvalue weighted by Gasteiger charge is -2.35. The zero-order chi connectivity index (χ0) is 15.9. The average molecular weight is 349 g/mol. The van der Waals surface area contributed by atoms with Gasteiger partial charge in [0.1, 0.15) is 12.4 Å². The van der Waals surface area contributed by atoms with Crippen LogP contribution in [0.25, 0.3) is 0 Å². The number of halogens is 1. The number of nitrogens with zero attached hydrogens (tertiary/aromatic N) is 2. The van der Waals surface area contributed by atoms with Crippen molar-refractivity contribution >= 4 is 24.1 Å². The number of carbonyl (C=O) groups excluding carboxylic acids is 1. The Morgan fingerprint density at radius 1 is 1.29 bits per heavy atom. The summed E-state index contributed by atoms with van der Waals surface area (Å²) in [6, 6.07) is 13.0. The molecule has 1 saturated heterocycles. The van der Waals surface area contributed by atoms with Crippen molar-refractivity contribution in [2.75, 3.05) is 31.6 Å². The van der Waals surface area contributed by atoms with Gasteiger partial charge in [-0.1, -0.05) is 18.2 Å². The summed E-state index contributed by atoms with van der Waals surface area (Å²) in [5.41, 5.74) is 0.794. The third-order valence-corrected chi connectivity index (χ3v) is 3.71. The van der Waals surface area contributed by atoms with Crippen molar-refractivity contribution in [1.29, 1.82) is 0 Å². The minimum absolute atomic E-state index is 0. The largest absolute Gasteiger partial charge is 0.490 e. The highest BCUT2D eigenvalue weighted by Gasteiger charge is 2.27. The maximum atomic E-state index is 12.5. The zero-order valence-corrected chi connectivity index (χ0v) is 14.0. The number of aromatic nitrogens is 1.